The molecule has 144 valence electrons. The topological polar surface area (TPSA) is 103 Å². The lowest BCUT2D eigenvalue weighted by Gasteiger charge is -2.29. The highest BCUT2D eigenvalue weighted by Crippen LogP contribution is 2.40. The zero-order valence-electron chi connectivity index (χ0n) is 16.0. The number of nitro benzene ring substituents is 1. The number of carbonyl (C=O) groups is 1. The smallest absolute Gasteiger partial charge is 0.336 e. The Balaban J connectivity index is 2.73. The van der Waals surface area contributed by atoms with E-state index in [1.807, 2.05) is 20.8 Å². The van der Waals surface area contributed by atoms with Crippen molar-refractivity contribution in [3.8, 4) is 0 Å². The third-order valence-corrected chi connectivity index (χ3v) is 4.29. The lowest BCUT2D eigenvalue weighted by Crippen LogP contribution is -2.27. The van der Waals surface area contributed by atoms with E-state index in [0.717, 1.165) is 5.57 Å². The van der Waals surface area contributed by atoms with E-state index in [-0.39, 0.29) is 5.69 Å². The fourth-order valence-corrected chi connectivity index (χ4v) is 3.18. The number of benzene rings is 1. The van der Waals surface area contributed by atoms with Gasteiger partial charge in [-0.2, -0.15) is 0 Å². The van der Waals surface area contributed by atoms with Crippen molar-refractivity contribution in [1.82, 2.24) is 5.48 Å². The summed E-state index contributed by atoms with van der Waals surface area (Å²) in [4.78, 5) is 33.0. The van der Waals surface area contributed by atoms with Gasteiger partial charge in [0.15, 0.2) is 0 Å². The Morgan fingerprint density at radius 3 is 2.67 bits per heavy atom. The molecule has 8 nitrogen and oxygen atoms in total. The van der Waals surface area contributed by atoms with Crippen LogP contribution in [0.25, 0.3) is 0 Å². The maximum Gasteiger partial charge on any atom is 0.336 e. The molecule has 27 heavy (non-hydrogen) atoms. The van der Waals surface area contributed by atoms with Gasteiger partial charge >= 0.3 is 5.97 Å². The Morgan fingerprint density at radius 2 is 2.07 bits per heavy atom. The molecule has 0 saturated heterocycles. The first kappa shape index (κ1) is 20.3. The summed E-state index contributed by atoms with van der Waals surface area (Å²) in [5.74, 6) is -1.09. The second-order valence-corrected chi connectivity index (χ2v) is 6.05. The van der Waals surface area contributed by atoms with Crippen LogP contribution in [-0.4, -0.2) is 30.3 Å². The molecule has 0 spiro atoms. The molecule has 1 aromatic carbocycles. The van der Waals surface area contributed by atoms with Crippen molar-refractivity contribution in [3.63, 3.8) is 0 Å². The van der Waals surface area contributed by atoms with Crippen LogP contribution in [0.2, 0.25) is 0 Å². The van der Waals surface area contributed by atoms with Crippen LogP contribution in [0.4, 0.5) is 5.69 Å². The number of hydrogen-bond donors (Lipinski definition) is 1. The van der Waals surface area contributed by atoms with E-state index in [9.17, 15) is 14.9 Å². The average Bonchev–Trinajstić information content (AvgIpc) is 2.64. The highest BCUT2D eigenvalue weighted by molar-refractivity contribution is 6.06. The number of ether oxygens (including phenoxy) is 1. The first-order valence-corrected chi connectivity index (χ1v) is 8.49. The van der Waals surface area contributed by atoms with Gasteiger partial charge in [-0.25, -0.2) is 4.79 Å². The van der Waals surface area contributed by atoms with Gasteiger partial charge in [0.05, 0.1) is 24.2 Å². The summed E-state index contributed by atoms with van der Waals surface area (Å²) in [6.45, 7) is 7.65. The molecule has 1 N–H and O–H groups in total. The molecule has 1 atom stereocenters. The van der Waals surface area contributed by atoms with Gasteiger partial charge in [0, 0.05) is 40.7 Å². The molecule has 1 aliphatic rings. The molecule has 1 aromatic rings. The average molecular weight is 373 g/mol. The van der Waals surface area contributed by atoms with Crippen LogP contribution >= 0.6 is 0 Å². The first-order chi connectivity index (χ1) is 12.8. The van der Waals surface area contributed by atoms with Crippen molar-refractivity contribution >= 4 is 17.4 Å². The number of hydrogen-bond acceptors (Lipinski definition) is 7. The molecule has 2 rings (SSSR count). The van der Waals surface area contributed by atoms with Crippen molar-refractivity contribution < 1.29 is 19.3 Å². The number of nitrogens with zero attached hydrogens (tertiary/aromatic N) is 2. The minimum atomic E-state index is -0.567. The Labute approximate surface area is 157 Å². The molecule has 8 heteroatoms. The van der Waals surface area contributed by atoms with E-state index in [4.69, 9.17) is 9.57 Å². The molecule has 0 aromatic heterocycles. The Bertz CT molecular complexity index is 855. The van der Waals surface area contributed by atoms with Gasteiger partial charge in [-0.3, -0.25) is 25.4 Å². The molecule has 0 amide bonds. The molecule has 0 bridgehead atoms. The van der Waals surface area contributed by atoms with Gasteiger partial charge in [-0.05, 0) is 33.3 Å². The van der Waals surface area contributed by atoms with Crippen LogP contribution < -0.4 is 5.48 Å². The highest BCUT2D eigenvalue weighted by Gasteiger charge is 2.35. The number of hydroxylamine groups is 1. The van der Waals surface area contributed by atoms with Gasteiger partial charge < -0.3 is 4.74 Å². The maximum atomic E-state index is 12.5. The van der Waals surface area contributed by atoms with Gasteiger partial charge in [0.2, 0.25) is 0 Å². The summed E-state index contributed by atoms with van der Waals surface area (Å²) >= 11 is 0. The molecule has 0 aliphatic carbocycles. The summed E-state index contributed by atoms with van der Waals surface area (Å²) in [5, 5.41) is 11.2. The lowest BCUT2D eigenvalue weighted by atomic mass is 9.79. The quantitative estimate of drug-likeness (QED) is 0.466. The molecular formula is C19H23N3O5. The summed E-state index contributed by atoms with van der Waals surface area (Å²) in [6.07, 6.45) is 0. The zero-order chi connectivity index (χ0) is 20.1. The van der Waals surface area contributed by atoms with Gasteiger partial charge in [-0.15, -0.1) is 0 Å². The summed E-state index contributed by atoms with van der Waals surface area (Å²) < 4.78 is 4.96. The van der Waals surface area contributed by atoms with E-state index < -0.39 is 16.8 Å². The highest BCUT2D eigenvalue weighted by atomic mass is 16.6. The number of aliphatic imine (C=N–C) groups is 1. The van der Waals surface area contributed by atoms with E-state index in [2.05, 4.69) is 10.5 Å². The summed E-state index contributed by atoms with van der Waals surface area (Å²) in [5.41, 5.74) is 6.35. The van der Waals surface area contributed by atoms with Crippen molar-refractivity contribution in [2.24, 2.45) is 4.99 Å². The van der Waals surface area contributed by atoms with Gasteiger partial charge in [0.25, 0.3) is 5.69 Å². The van der Waals surface area contributed by atoms with Gasteiger partial charge in [0.1, 0.15) is 0 Å². The van der Waals surface area contributed by atoms with Crippen LogP contribution in [0.1, 0.15) is 39.2 Å². The second-order valence-electron chi connectivity index (χ2n) is 6.05. The van der Waals surface area contributed by atoms with Crippen LogP contribution in [0, 0.1) is 10.1 Å². The van der Waals surface area contributed by atoms with E-state index >= 15 is 0 Å². The van der Waals surface area contributed by atoms with Crippen molar-refractivity contribution in [3.05, 3.63) is 62.5 Å². The number of esters is 1. The van der Waals surface area contributed by atoms with Crippen LogP contribution in [0.15, 0.2) is 51.8 Å². The lowest BCUT2D eigenvalue weighted by molar-refractivity contribution is -0.384. The van der Waals surface area contributed by atoms with Crippen LogP contribution in [-0.2, 0) is 14.4 Å². The first-order valence-electron chi connectivity index (χ1n) is 8.49. The molecular weight excluding hydrogens is 350 g/mol. The Kier molecular flexibility index (Phi) is 6.46. The third-order valence-electron chi connectivity index (χ3n) is 4.29. The summed E-state index contributed by atoms with van der Waals surface area (Å²) in [7, 11) is 1.30. The van der Waals surface area contributed by atoms with Crippen molar-refractivity contribution in [2.45, 2.75) is 33.6 Å². The number of rotatable bonds is 6. The van der Waals surface area contributed by atoms with Crippen molar-refractivity contribution in [1.29, 1.82) is 0 Å². The predicted octanol–water partition coefficient (Wildman–Crippen LogP) is 3.42. The number of nitro groups is 1. The zero-order valence-corrected chi connectivity index (χ0v) is 16.0. The van der Waals surface area contributed by atoms with Crippen LogP contribution in [0.5, 0.6) is 0 Å². The normalized spacial score (nSPS) is 18.7. The molecule has 1 aliphatic heterocycles. The fourth-order valence-electron chi connectivity index (χ4n) is 3.18. The minimum Gasteiger partial charge on any atom is -0.466 e. The maximum absolute atomic E-state index is 12.5. The number of nitrogens with one attached hydrogen (secondary N) is 1. The fraction of sp³-hybridized carbons (Fsp3) is 0.368. The second kappa shape index (κ2) is 8.59. The van der Waals surface area contributed by atoms with Crippen molar-refractivity contribution in [2.75, 3.05) is 13.7 Å². The monoisotopic (exact) mass is 373 g/mol. The van der Waals surface area contributed by atoms with Gasteiger partial charge in [-0.1, -0.05) is 12.1 Å². The molecule has 0 radical (unpaired) electrons. The standard InChI is InChI=1S/C19H23N3O5/c1-6-27-21-13(4)16-11(2)20-12(3)17(19(23)26-5)18(16)14-8-7-9-15(10-14)22(24)25/h7-10,18,21H,6H2,1-5H3/b16-13+. The predicted molar refractivity (Wildman–Crippen MR) is 101 cm³/mol. The Morgan fingerprint density at radius 1 is 1.37 bits per heavy atom. The van der Waals surface area contributed by atoms with E-state index in [0.29, 0.717) is 34.8 Å². The number of non-ortho nitro benzene ring substituents is 1. The Hall–Kier alpha value is -3.00. The summed E-state index contributed by atoms with van der Waals surface area (Å²) in [6, 6.07) is 6.23. The third kappa shape index (κ3) is 4.22. The number of allylic oxidation sites excluding steroid dienone is 3. The molecule has 0 saturated carbocycles. The minimum absolute atomic E-state index is 0.0516. The molecule has 1 unspecified atom stereocenters. The van der Waals surface area contributed by atoms with E-state index in [1.165, 1.54) is 19.2 Å². The number of methoxy groups -OCH3 is 1. The number of carbonyl (C=O) groups excluding carboxylic acids is 1. The molecule has 1 heterocycles. The largest absolute Gasteiger partial charge is 0.466 e. The molecule has 0 fully saturated rings. The van der Waals surface area contributed by atoms with Crippen LogP contribution in [0.3, 0.4) is 0 Å². The SMILES string of the molecule is CCON/C(C)=C1\C(C)=NC(C)=C(C(=O)OC)C1c1cccc([N+](=O)[O-])c1. The van der Waals surface area contributed by atoms with E-state index in [1.54, 1.807) is 19.1 Å².